The van der Waals surface area contributed by atoms with Crippen LogP contribution < -0.4 is 10.6 Å². The fourth-order valence-corrected chi connectivity index (χ4v) is 3.91. The second kappa shape index (κ2) is 10.4. The maximum atomic E-state index is 3.81. The first-order valence-electron chi connectivity index (χ1n) is 9.96. The summed E-state index contributed by atoms with van der Waals surface area (Å²) in [6, 6.07) is 21.6. The molecule has 2 aromatic carbocycles. The summed E-state index contributed by atoms with van der Waals surface area (Å²) >= 11 is 0. The first-order chi connectivity index (χ1) is 12.4. The Morgan fingerprint density at radius 3 is 1.64 bits per heavy atom. The minimum atomic E-state index is 0.452. The second-order valence-corrected chi connectivity index (χ2v) is 7.26. The molecule has 0 heterocycles. The van der Waals surface area contributed by atoms with E-state index >= 15 is 0 Å². The molecule has 2 heteroatoms. The normalized spacial score (nSPS) is 15.6. The third-order valence-electron chi connectivity index (χ3n) is 5.36. The van der Waals surface area contributed by atoms with Gasteiger partial charge in [-0.1, -0.05) is 79.9 Å². The van der Waals surface area contributed by atoms with E-state index in [1.807, 2.05) is 0 Å². The zero-order valence-corrected chi connectivity index (χ0v) is 15.3. The molecule has 0 aromatic heterocycles. The van der Waals surface area contributed by atoms with Gasteiger partial charge in [0.15, 0.2) is 0 Å². The van der Waals surface area contributed by atoms with Gasteiger partial charge in [-0.25, -0.2) is 0 Å². The van der Waals surface area contributed by atoms with Crippen molar-refractivity contribution in [2.75, 3.05) is 13.1 Å². The van der Waals surface area contributed by atoms with E-state index in [4.69, 9.17) is 0 Å². The Morgan fingerprint density at radius 1 is 0.680 bits per heavy atom. The van der Waals surface area contributed by atoms with Gasteiger partial charge in [-0.3, -0.25) is 0 Å². The molecule has 3 rings (SSSR count). The van der Waals surface area contributed by atoms with Crippen molar-refractivity contribution < 1.29 is 0 Å². The molecular formula is C23H32N2. The molecule has 1 aliphatic rings. The van der Waals surface area contributed by atoms with Gasteiger partial charge < -0.3 is 10.6 Å². The zero-order chi connectivity index (χ0) is 17.2. The summed E-state index contributed by atoms with van der Waals surface area (Å²) < 4.78 is 0. The quantitative estimate of drug-likeness (QED) is 0.656. The molecule has 0 atom stereocenters. The molecule has 0 radical (unpaired) electrons. The van der Waals surface area contributed by atoms with Gasteiger partial charge >= 0.3 is 0 Å². The fraction of sp³-hybridized carbons (Fsp3) is 0.478. The van der Waals surface area contributed by atoms with Crippen LogP contribution >= 0.6 is 0 Å². The summed E-state index contributed by atoms with van der Waals surface area (Å²) in [5.41, 5.74) is 2.84. The van der Waals surface area contributed by atoms with Crippen LogP contribution in [0.2, 0.25) is 0 Å². The van der Waals surface area contributed by atoms with E-state index in [-0.39, 0.29) is 0 Å². The van der Waals surface area contributed by atoms with Crippen molar-refractivity contribution in [3.05, 3.63) is 71.8 Å². The minimum Gasteiger partial charge on any atom is -0.301 e. The Bertz CT molecular complexity index is 530. The highest BCUT2D eigenvalue weighted by atomic mass is 15.1. The van der Waals surface area contributed by atoms with Crippen LogP contribution in [0, 0.1) is 5.92 Å². The van der Waals surface area contributed by atoms with Crippen LogP contribution in [0.25, 0.3) is 0 Å². The molecule has 1 fully saturated rings. The predicted octanol–water partition coefficient (Wildman–Crippen LogP) is 4.56. The van der Waals surface area contributed by atoms with E-state index in [2.05, 4.69) is 71.3 Å². The summed E-state index contributed by atoms with van der Waals surface area (Å²) in [5.74, 6) is 0.778. The molecule has 0 aliphatic heterocycles. The molecule has 0 saturated heterocycles. The Morgan fingerprint density at radius 2 is 1.16 bits per heavy atom. The summed E-state index contributed by atoms with van der Waals surface area (Å²) in [5, 5.41) is 7.63. The lowest BCUT2D eigenvalue weighted by Gasteiger charge is -2.32. The molecule has 0 spiro atoms. The van der Waals surface area contributed by atoms with E-state index < -0.39 is 0 Å². The second-order valence-electron chi connectivity index (χ2n) is 7.26. The topological polar surface area (TPSA) is 24.1 Å². The summed E-state index contributed by atoms with van der Waals surface area (Å²) in [4.78, 5) is 0. The lowest BCUT2D eigenvalue weighted by atomic mass is 9.86. The molecular weight excluding hydrogens is 304 g/mol. The minimum absolute atomic E-state index is 0.452. The van der Waals surface area contributed by atoms with E-state index in [1.54, 1.807) is 0 Å². The van der Waals surface area contributed by atoms with Gasteiger partial charge in [0.25, 0.3) is 0 Å². The Balaban J connectivity index is 1.47. The third-order valence-corrected chi connectivity index (χ3v) is 5.36. The van der Waals surface area contributed by atoms with E-state index in [1.165, 1.54) is 43.2 Å². The molecule has 1 aliphatic carbocycles. The summed E-state index contributed by atoms with van der Waals surface area (Å²) in [7, 11) is 0. The van der Waals surface area contributed by atoms with E-state index in [0.717, 1.165) is 31.8 Å². The Hall–Kier alpha value is -1.64. The average Bonchev–Trinajstić information content (AvgIpc) is 2.69. The van der Waals surface area contributed by atoms with Gasteiger partial charge in [0.2, 0.25) is 0 Å². The van der Waals surface area contributed by atoms with E-state index in [0.29, 0.717) is 6.17 Å². The molecule has 0 bridgehead atoms. The molecule has 2 N–H and O–H groups in total. The van der Waals surface area contributed by atoms with Crippen molar-refractivity contribution in [2.45, 2.75) is 51.1 Å². The molecule has 1 saturated carbocycles. The van der Waals surface area contributed by atoms with Gasteiger partial charge in [-0.15, -0.1) is 0 Å². The van der Waals surface area contributed by atoms with Crippen molar-refractivity contribution >= 4 is 0 Å². The lowest BCUT2D eigenvalue weighted by Crippen LogP contribution is -2.49. The first-order valence-corrected chi connectivity index (χ1v) is 9.96. The summed E-state index contributed by atoms with van der Waals surface area (Å²) in [6.07, 6.45) is 9.58. The predicted molar refractivity (Wildman–Crippen MR) is 107 cm³/mol. The van der Waals surface area contributed by atoms with Crippen LogP contribution in [-0.2, 0) is 12.8 Å². The molecule has 0 unspecified atom stereocenters. The van der Waals surface area contributed by atoms with Crippen LogP contribution in [0.15, 0.2) is 60.7 Å². The van der Waals surface area contributed by atoms with Crippen LogP contribution in [-0.4, -0.2) is 19.3 Å². The molecule has 2 aromatic rings. The number of hydrogen-bond donors (Lipinski definition) is 2. The standard InChI is InChI=1S/C23H32N2/c1-4-10-20(11-5-1)16-18-24-23(22-14-8-3-9-15-22)25-19-17-21-12-6-2-7-13-21/h1-2,4-7,10-13,22-25H,3,8-9,14-19H2. The largest absolute Gasteiger partial charge is 0.301 e. The number of nitrogens with one attached hydrogen (secondary N) is 2. The van der Waals surface area contributed by atoms with Crippen LogP contribution in [0.5, 0.6) is 0 Å². The molecule has 25 heavy (non-hydrogen) atoms. The maximum Gasteiger partial charge on any atom is 0.0600 e. The number of hydrogen-bond acceptors (Lipinski definition) is 2. The van der Waals surface area contributed by atoms with Gasteiger partial charge in [0.1, 0.15) is 0 Å². The van der Waals surface area contributed by atoms with Gasteiger partial charge in [-0.2, -0.15) is 0 Å². The Kier molecular flexibility index (Phi) is 7.54. The third kappa shape index (κ3) is 6.30. The Labute approximate surface area is 153 Å². The van der Waals surface area contributed by atoms with Crippen LogP contribution in [0.1, 0.15) is 43.2 Å². The molecule has 0 amide bonds. The SMILES string of the molecule is c1ccc(CCNC(NCCc2ccccc2)C2CCCCC2)cc1. The highest BCUT2D eigenvalue weighted by Gasteiger charge is 2.22. The van der Waals surface area contributed by atoms with Crippen molar-refractivity contribution in [3.63, 3.8) is 0 Å². The molecule has 2 nitrogen and oxygen atoms in total. The van der Waals surface area contributed by atoms with Gasteiger partial charge in [-0.05, 0) is 42.7 Å². The van der Waals surface area contributed by atoms with Crippen LogP contribution in [0.3, 0.4) is 0 Å². The number of benzene rings is 2. The van der Waals surface area contributed by atoms with Crippen molar-refractivity contribution in [1.29, 1.82) is 0 Å². The number of rotatable bonds is 9. The monoisotopic (exact) mass is 336 g/mol. The van der Waals surface area contributed by atoms with Gasteiger partial charge in [0, 0.05) is 13.1 Å². The zero-order valence-electron chi connectivity index (χ0n) is 15.3. The maximum absolute atomic E-state index is 3.81. The lowest BCUT2D eigenvalue weighted by molar-refractivity contribution is 0.236. The van der Waals surface area contributed by atoms with Crippen molar-refractivity contribution in [2.24, 2.45) is 5.92 Å². The highest BCUT2D eigenvalue weighted by molar-refractivity contribution is 5.15. The van der Waals surface area contributed by atoms with Crippen LogP contribution in [0.4, 0.5) is 0 Å². The van der Waals surface area contributed by atoms with E-state index in [9.17, 15) is 0 Å². The smallest absolute Gasteiger partial charge is 0.0600 e. The average molecular weight is 337 g/mol. The van der Waals surface area contributed by atoms with Gasteiger partial charge in [0.05, 0.1) is 6.17 Å². The van der Waals surface area contributed by atoms with Crippen molar-refractivity contribution in [1.82, 2.24) is 10.6 Å². The summed E-state index contributed by atoms with van der Waals surface area (Å²) in [6.45, 7) is 2.09. The fourth-order valence-electron chi connectivity index (χ4n) is 3.91. The first kappa shape index (κ1) is 18.2. The highest BCUT2D eigenvalue weighted by Crippen LogP contribution is 2.25. The van der Waals surface area contributed by atoms with Crippen molar-refractivity contribution in [3.8, 4) is 0 Å². The molecule has 134 valence electrons.